The van der Waals surface area contributed by atoms with Crippen LogP contribution < -0.4 is 20.1 Å². The minimum Gasteiger partial charge on any atom is -0.456 e. The highest BCUT2D eigenvalue weighted by Gasteiger charge is 2.26. The molecule has 2 amide bonds. The Morgan fingerprint density at radius 3 is 1.35 bits per heavy atom. The van der Waals surface area contributed by atoms with E-state index >= 15 is 0 Å². The van der Waals surface area contributed by atoms with Crippen molar-refractivity contribution < 1.29 is 19.1 Å². The molecule has 2 N–H and O–H groups in total. The Balaban J connectivity index is 1.31. The van der Waals surface area contributed by atoms with Crippen LogP contribution in [0.5, 0.6) is 11.5 Å². The largest absolute Gasteiger partial charge is 0.456 e. The van der Waals surface area contributed by atoms with Crippen molar-refractivity contribution in [2.75, 3.05) is 17.4 Å². The van der Waals surface area contributed by atoms with Gasteiger partial charge in [0.2, 0.25) is 6.79 Å². The van der Waals surface area contributed by atoms with Gasteiger partial charge in [0.05, 0.1) is 0 Å². The van der Waals surface area contributed by atoms with Gasteiger partial charge in [0.15, 0.2) is 0 Å². The van der Waals surface area contributed by atoms with Crippen molar-refractivity contribution in [3.05, 3.63) is 156 Å². The molecule has 0 fully saturated rings. The molecule has 1 heterocycles. The van der Waals surface area contributed by atoms with Gasteiger partial charge >= 0.3 is 0 Å². The second-order valence-corrected chi connectivity index (χ2v) is 12.6. The molecule has 0 atom stereocenters. The normalized spacial score (nSPS) is 12.1. The molecule has 0 spiro atoms. The van der Waals surface area contributed by atoms with Crippen LogP contribution in [0.3, 0.4) is 0 Å². The van der Waals surface area contributed by atoms with Crippen LogP contribution in [-0.2, 0) is 9.59 Å². The van der Waals surface area contributed by atoms with E-state index in [1.54, 1.807) is 13.8 Å². The number of carbonyl (C=O) groups is 2. The molecule has 0 saturated heterocycles. The van der Waals surface area contributed by atoms with Gasteiger partial charge in [-0.2, -0.15) is 0 Å². The highest BCUT2D eigenvalue weighted by Crippen LogP contribution is 2.50. The van der Waals surface area contributed by atoms with E-state index in [0.29, 0.717) is 22.5 Å². The maximum atomic E-state index is 12.1. The minimum absolute atomic E-state index is 0.0343. The van der Waals surface area contributed by atoms with Crippen LogP contribution in [0, 0.1) is 0 Å². The molecule has 0 radical (unpaired) electrons. The fourth-order valence-electron chi connectivity index (χ4n) is 6.11. The number of hydrogen-bond acceptors (Lipinski definition) is 4. The Labute approximate surface area is 297 Å². The van der Waals surface area contributed by atoms with Crippen LogP contribution in [0.4, 0.5) is 11.4 Å². The third kappa shape index (κ3) is 6.94. The maximum absolute atomic E-state index is 12.1. The predicted octanol–water partition coefficient (Wildman–Crippen LogP) is 10.8. The lowest BCUT2D eigenvalue weighted by atomic mass is 9.88. The van der Waals surface area contributed by atoms with Crippen molar-refractivity contribution >= 4 is 69.0 Å². The number of anilines is 2. The average molecular weight is 669 g/mol. The first-order valence-corrected chi connectivity index (χ1v) is 16.6. The molecule has 6 nitrogen and oxygen atoms in total. The summed E-state index contributed by atoms with van der Waals surface area (Å²) < 4.78 is 13.0. The van der Waals surface area contributed by atoms with Crippen LogP contribution in [0.15, 0.2) is 133 Å². The Morgan fingerprint density at radius 2 is 0.961 bits per heavy atom. The molecule has 6 heteroatoms. The Bertz CT molecular complexity index is 2250. The number of carbonyl (C=O) groups excluding carboxylic acids is 2. The number of amides is 2. The van der Waals surface area contributed by atoms with Gasteiger partial charge in [0.1, 0.15) is 11.5 Å². The summed E-state index contributed by atoms with van der Waals surface area (Å²) in [6, 6.07) is 36.3. The van der Waals surface area contributed by atoms with Crippen molar-refractivity contribution in [3.8, 4) is 22.6 Å². The van der Waals surface area contributed by atoms with Crippen molar-refractivity contribution in [1.82, 2.24) is 0 Å². The van der Waals surface area contributed by atoms with E-state index in [-0.39, 0.29) is 18.6 Å². The van der Waals surface area contributed by atoms with E-state index in [9.17, 15) is 9.59 Å². The van der Waals surface area contributed by atoms with Crippen LogP contribution in [0.1, 0.15) is 36.1 Å². The van der Waals surface area contributed by atoms with E-state index in [4.69, 9.17) is 9.47 Å². The zero-order chi connectivity index (χ0) is 35.5. The van der Waals surface area contributed by atoms with E-state index in [0.717, 1.165) is 66.4 Å². The van der Waals surface area contributed by atoms with Gasteiger partial charge in [-0.1, -0.05) is 110 Å². The summed E-state index contributed by atoms with van der Waals surface area (Å²) in [6.07, 6.45) is 8.20. The first-order valence-electron chi connectivity index (χ1n) is 16.6. The van der Waals surface area contributed by atoms with Gasteiger partial charge < -0.3 is 20.1 Å². The monoisotopic (exact) mass is 668 g/mol. The van der Waals surface area contributed by atoms with Crippen molar-refractivity contribution in [1.29, 1.82) is 0 Å². The summed E-state index contributed by atoms with van der Waals surface area (Å²) in [5, 5.41) is 9.98. The summed E-state index contributed by atoms with van der Waals surface area (Å²) in [5.41, 5.74) is 8.05. The molecule has 0 saturated carbocycles. The van der Waals surface area contributed by atoms with E-state index in [2.05, 4.69) is 72.3 Å². The maximum Gasteiger partial charge on any atom is 0.250 e. The van der Waals surface area contributed by atoms with Crippen LogP contribution in [-0.4, -0.2) is 18.6 Å². The zero-order valence-electron chi connectivity index (χ0n) is 28.5. The summed E-state index contributed by atoms with van der Waals surface area (Å²) in [4.78, 5) is 24.1. The van der Waals surface area contributed by atoms with Crippen molar-refractivity contribution in [2.24, 2.45) is 0 Å². The number of hydrogen-bond donors (Lipinski definition) is 2. The first-order chi connectivity index (χ1) is 24.7. The van der Waals surface area contributed by atoms with Gasteiger partial charge in [0.25, 0.3) is 11.8 Å². The summed E-state index contributed by atoms with van der Waals surface area (Å²) in [6.45, 7) is 10.8. The SMILES string of the molecule is C=C(C)C(=O)Nc1ccc(/C=C/c2cc3ccccc3c3c2OCOc2c(/C=C/c4ccc(NC(=O)C(=C)C)cc4)cc4ccccc4c2-3)cc1. The molecular formula is C45H36N2O4. The summed E-state index contributed by atoms with van der Waals surface area (Å²) in [7, 11) is 0. The standard InChI is InChI=1S/C45H36N2O4/c1-28(2)44(48)46-36-21-15-30(16-22-36)13-19-34-25-32-9-5-7-11-38(32)40-41-39-12-8-6-10-33(39)26-35(43(41)51-27-50-42(34)40)20-14-31-17-23-37(24-18-31)47-45(49)29(3)4/h5-26H,1,3,27H2,2,4H3,(H,46,48)(H,47,49)/b19-13+,20-14+. The third-order valence-corrected chi connectivity index (χ3v) is 8.74. The highest BCUT2D eigenvalue weighted by molar-refractivity contribution is 6.13. The molecule has 1 aliphatic heterocycles. The van der Waals surface area contributed by atoms with E-state index in [1.165, 1.54) is 0 Å². The topological polar surface area (TPSA) is 76.7 Å². The van der Waals surface area contributed by atoms with E-state index in [1.807, 2.05) is 84.9 Å². The van der Waals surface area contributed by atoms with Crippen LogP contribution >= 0.6 is 0 Å². The molecule has 6 aromatic carbocycles. The minimum atomic E-state index is -0.206. The van der Waals surface area contributed by atoms with Crippen LogP contribution in [0.2, 0.25) is 0 Å². The van der Waals surface area contributed by atoms with Gasteiger partial charge in [-0.15, -0.1) is 0 Å². The average Bonchev–Trinajstić information content (AvgIpc) is 3.35. The lowest BCUT2D eigenvalue weighted by Crippen LogP contribution is -2.11. The molecule has 6 aromatic rings. The van der Waals surface area contributed by atoms with Crippen molar-refractivity contribution in [3.63, 3.8) is 0 Å². The predicted molar refractivity (Wildman–Crippen MR) is 211 cm³/mol. The number of nitrogens with one attached hydrogen (secondary N) is 2. The van der Waals surface area contributed by atoms with Gasteiger partial charge in [-0.25, -0.2) is 0 Å². The van der Waals surface area contributed by atoms with Gasteiger partial charge in [0, 0.05) is 44.8 Å². The first kappa shape index (κ1) is 32.9. The Morgan fingerprint density at radius 1 is 0.569 bits per heavy atom. The van der Waals surface area contributed by atoms with Crippen molar-refractivity contribution in [2.45, 2.75) is 13.8 Å². The number of benzene rings is 6. The highest BCUT2D eigenvalue weighted by atomic mass is 16.7. The van der Waals surface area contributed by atoms with Gasteiger partial charge in [-0.3, -0.25) is 9.59 Å². The molecule has 51 heavy (non-hydrogen) atoms. The van der Waals surface area contributed by atoms with Crippen LogP contribution in [0.25, 0.3) is 57.0 Å². The lowest BCUT2D eigenvalue weighted by molar-refractivity contribution is -0.113. The van der Waals surface area contributed by atoms with E-state index < -0.39 is 0 Å². The number of ether oxygens (including phenoxy) is 2. The molecule has 250 valence electrons. The summed E-state index contributed by atoms with van der Waals surface area (Å²) >= 11 is 0. The Kier molecular flexibility index (Phi) is 9.06. The quantitative estimate of drug-likeness (QED) is 0.125. The fourth-order valence-corrected chi connectivity index (χ4v) is 6.11. The molecule has 0 aliphatic carbocycles. The smallest absolute Gasteiger partial charge is 0.250 e. The fraction of sp³-hybridized carbons (Fsp3) is 0.0667. The molecule has 0 aromatic heterocycles. The zero-order valence-corrected chi connectivity index (χ0v) is 28.5. The molecular weight excluding hydrogens is 633 g/mol. The number of rotatable bonds is 8. The third-order valence-electron chi connectivity index (χ3n) is 8.74. The molecule has 1 aliphatic rings. The second-order valence-electron chi connectivity index (χ2n) is 12.6. The number of fused-ring (bicyclic) bond motifs is 7. The molecule has 0 unspecified atom stereocenters. The lowest BCUT2D eigenvalue weighted by Gasteiger charge is -2.17. The molecule has 7 rings (SSSR count). The second kappa shape index (κ2) is 14.1. The van der Waals surface area contributed by atoms with Gasteiger partial charge in [-0.05, 0) is 82.9 Å². The Hall–Kier alpha value is -6.66. The summed E-state index contributed by atoms with van der Waals surface area (Å²) in [5.74, 6) is 1.08. The molecule has 0 bridgehead atoms.